The van der Waals surface area contributed by atoms with Crippen molar-refractivity contribution >= 4 is 0 Å². The van der Waals surface area contributed by atoms with Crippen molar-refractivity contribution in [3.63, 3.8) is 0 Å². The lowest BCUT2D eigenvalue weighted by Gasteiger charge is -2.20. The predicted octanol–water partition coefficient (Wildman–Crippen LogP) is 3.56. The predicted molar refractivity (Wildman–Crippen MR) is 97.4 cm³/mol. The molecule has 0 saturated carbocycles. The highest BCUT2D eigenvalue weighted by Crippen LogP contribution is 2.33. The summed E-state index contributed by atoms with van der Waals surface area (Å²) >= 11 is 0. The maximum absolute atomic E-state index is 6.08. The topological polar surface area (TPSA) is 53.7 Å². The molecule has 0 aromatic heterocycles. The largest absolute Gasteiger partial charge is 0.496 e. The molecule has 0 heterocycles. The minimum Gasteiger partial charge on any atom is -0.496 e. The van der Waals surface area contributed by atoms with Gasteiger partial charge in [-0.2, -0.15) is 0 Å². The number of hydrogen-bond acceptors (Lipinski definition) is 4. The van der Waals surface area contributed by atoms with Gasteiger partial charge in [-0.25, -0.2) is 0 Å². The lowest BCUT2D eigenvalue weighted by Crippen LogP contribution is -2.16. The van der Waals surface area contributed by atoms with Crippen LogP contribution in [-0.2, 0) is 12.8 Å². The third-order valence-corrected chi connectivity index (χ3v) is 4.36. The molecule has 2 aromatic rings. The molecule has 0 aliphatic carbocycles. The average molecular weight is 329 g/mol. The number of benzene rings is 2. The summed E-state index contributed by atoms with van der Waals surface area (Å²) in [6, 6.07) is 12.3. The van der Waals surface area contributed by atoms with Crippen LogP contribution in [0.4, 0.5) is 0 Å². The number of rotatable bonds is 8. The van der Waals surface area contributed by atoms with E-state index in [0.717, 1.165) is 41.2 Å². The van der Waals surface area contributed by atoms with Crippen LogP contribution in [0.3, 0.4) is 0 Å². The van der Waals surface area contributed by atoms with E-state index in [4.69, 9.17) is 19.9 Å². The second kappa shape index (κ2) is 8.60. The number of nitrogens with two attached hydrogens (primary N) is 1. The number of aryl methyl sites for hydroxylation is 1. The van der Waals surface area contributed by atoms with Gasteiger partial charge in [-0.3, -0.25) is 0 Å². The van der Waals surface area contributed by atoms with Gasteiger partial charge in [-0.15, -0.1) is 0 Å². The zero-order valence-electron chi connectivity index (χ0n) is 15.0. The molecule has 0 radical (unpaired) electrons. The van der Waals surface area contributed by atoms with Crippen LogP contribution >= 0.6 is 0 Å². The average Bonchev–Trinajstić information content (AvgIpc) is 2.65. The Labute approximate surface area is 144 Å². The molecule has 0 fully saturated rings. The van der Waals surface area contributed by atoms with E-state index in [1.54, 1.807) is 21.3 Å². The number of hydrogen-bond donors (Lipinski definition) is 1. The molecule has 24 heavy (non-hydrogen) atoms. The summed E-state index contributed by atoms with van der Waals surface area (Å²) < 4.78 is 16.2. The Morgan fingerprint density at radius 3 is 2.04 bits per heavy atom. The summed E-state index contributed by atoms with van der Waals surface area (Å²) in [6.45, 7) is 2.70. The first kappa shape index (κ1) is 18.1. The lowest BCUT2D eigenvalue weighted by atomic mass is 9.90. The van der Waals surface area contributed by atoms with E-state index < -0.39 is 0 Å². The van der Waals surface area contributed by atoms with Gasteiger partial charge in [-0.1, -0.05) is 25.1 Å². The smallest absolute Gasteiger partial charge is 0.160 e. The monoisotopic (exact) mass is 329 g/mol. The van der Waals surface area contributed by atoms with Crippen molar-refractivity contribution in [3.8, 4) is 17.2 Å². The van der Waals surface area contributed by atoms with E-state index in [1.165, 1.54) is 5.56 Å². The van der Waals surface area contributed by atoms with Gasteiger partial charge < -0.3 is 19.9 Å². The Kier molecular flexibility index (Phi) is 6.50. The molecular weight excluding hydrogens is 302 g/mol. The first-order valence-electron chi connectivity index (χ1n) is 8.24. The Balaban J connectivity index is 2.33. The molecule has 0 bridgehead atoms. The molecule has 1 unspecified atom stereocenters. The fraction of sp³-hybridized carbons (Fsp3) is 0.400. The van der Waals surface area contributed by atoms with Crippen LogP contribution in [0, 0.1) is 0 Å². The first-order chi connectivity index (χ1) is 11.7. The molecule has 0 aliphatic heterocycles. The van der Waals surface area contributed by atoms with E-state index in [1.807, 2.05) is 18.2 Å². The minimum atomic E-state index is 0.185. The van der Waals surface area contributed by atoms with Crippen LogP contribution in [0.5, 0.6) is 17.2 Å². The van der Waals surface area contributed by atoms with Crippen LogP contribution in [0.15, 0.2) is 36.4 Å². The Morgan fingerprint density at radius 2 is 1.46 bits per heavy atom. The van der Waals surface area contributed by atoms with Crippen LogP contribution in [0.2, 0.25) is 0 Å². The molecule has 2 aromatic carbocycles. The fourth-order valence-electron chi connectivity index (χ4n) is 2.94. The van der Waals surface area contributed by atoms with Crippen molar-refractivity contribution in [1.82, 2.24) is 0 Å². The van der Waals surface area contributed by atoms with E-state index in [0.29, 0.717) is 6.54 Å². The van der Waals surface area contributed by atoms with Crippen LogP contribution in [0.25, 0.3) is 0 Å². The van der Waals surface area contributed by atoms with E-state index in [2.05, 4.69) is 25.1 Å². The third kappa shape index (κ3) is 4.01. The summed E-state index contributed by atoms with van der Waals surface area (Å²) in [5.41, 5.74) is 9.69. The highest BCUT2D eigenvalue weighted by molar-refractivity contribution is 5.45. The zero-order chi connectivity index (χ0) is 17.5. The van der Waals surface area contributed by atoms with Gasteiger partial charge in [0, 0.05) is 5.92 Å². The van der Waals surface area contributed by atoms with E-state index >= 15 is 0 Å². The summed E-state index contributed by atoms with van der Waals surface area (Å²) in [7, 11) is 4.99. The molecular formula is C20H27NO3. The summed E-state index contributed by atoms with van der Waals surface area (Å²) in [5, 5.41) is 0. The zero-order valence-corrected chi connectivity index (χ0v) is 15.0. The third-order valence-electron chi connectivity index (χ3n) is 4.36. The van der Waals surface area contributed by atoms with Crippen LogP contribution < -0.4 is 19.9 Å². The van der Waals surface area contributed by atoms with Crippen LogP contribution in [-0.4, -0.2) is 27.9 Å². The van der Waals surface area contributed by atoms with Crippen molar-refractivity contribution in [1.29, 1.82) is 0 Å². The summed E-state index contributed by atoms with van der Waals surface area (Å²) in [4.78, 5) is 0. The SMILES string of the molecule is CCc1ccc(OC)c(C(CN)Cc2ccc(OC)c(OC)c2)c1. The van der Waals surface area contributed by atoms with Gasteiger partial charge >= 0.3 is 0 Å². The van der Waals surface area contributed by atoms with Crippen molar-refractivity contribution in [2.75, 3.05) is 27.9 Å². The normalized spacial score (nSPS) is 11.9. The Hall–Kier alpha value is -2.20. The Bertz CT molecular complexity index is 670. The lowest BCUT2D eigenvalue weighted by molar-refractivity contribution is 0.354. The second-order valence-electron chi connectivity index (χ2n) is 5.76. The number of ether oxygens (including phenoxy) is 3. The summed E-state index contributed by atoms with van der Waals surface area (Å²) in [5.74, 6) is 2.55. The van der Waals surface area contributed by atoms with Gasteiger partial charge in [0.2, 0.25) is 0 Å². The summed E-state index contributed by atoms with van der Waals surface area (Å²) in [6.07, 6.45) is 1.81. The maximum Gasteiger partial charge on any atom is 0.160 e. The van der Waals surface area contributed by atoms with Gasteiger partial charge in [0.15, 0.2) is 11.5 Å². The van der Waals surface area contributed by atoms with Gasteiger partial charge in [0.25, 0.3) is 0 Å². The van der Waals surface area contributed by atoms with Gasteiger partial charge in [0.1, 0.15) is 5.75 Å². The highest BCUT2D eigenvalue weighted by atomic mass is 16.5. The quantitative estimate of drug-likeness (QED) is 0.804. The molecule has 4 nitrogen and oxygen atoms in total. The minimum absolute atomic E-state index is 0.185. The van der Waals surface area contributed by atoms with Gasteiger partial charge in [0.05, 0.1) is 21.3 Å². The van der Waals surface area contributed by atoms with Gasteiger partial charge in [-0.05, 0) is 54.3 Å². The Morgan fingerprint density at radius 1 is 0.833 bits per heavy atom. The molecule has 1 atom stereocenters. The molecule has 130 valence electrons. The second-order valence-corrected chi connectivity index (χ2v) is 5.76. The van der Waals surface area contributed by atoms with Crippen LogP contribution in [0.1, 0.15) is 29.5 Å². The fourth-order valence-corrected chi connectivity index (χ4v) is 2.94. The molecule has 0 saturated heterocycles. The van der Waals surface area contributed by atoms with Crippen molar-refractivity contribution in [2.24, 2.45) is 5.73 Å². The maximum atomic E-state index is 6.08. The van der Waals surface area contributed by atoms with E-state index in [-0.39, 0.29) is 5.92 Å². The number of methoxy groups -OCH3 is 3. The molecule has 0 spiro atoms. The molecule has 2 N–H and O–H groups in total. The highest BCUT2D eigenvalue weighted by Gasteiger charge is 2.17. The van der Waals surface area contributed by atoms with Crippen molar-refractivity contribution in [3.05, 3.63) is 53.1 Å². The van der Waals surface area contributed by atoms with Crippen molar-refractivity contribution in [2.45, 2.75) is 25.7 Å². The van der Waals surface area contributed by atoms with Crippen molar-refractivity contribution < 1.29 is 14.2 Å². The molecule has 4 heteroatoms. The molecule has 2 rings (SSSR count). The first-order valence-corrected chi connectivity index (χ1v) is 8.24. The van der Waals surface area contributed by atoms with E-state index in [9.17, 15) is 0 Å². The standard InChI is InChI=1S/C20H27NO3/c1-5-14-6-8-18(22-2)17(11-14)16(13-21)10-15-7-9-19(23-3)20(12-15)24-4/h6-9,11-12,16H,5,10,13,21H2,1-4H3. The molecule has 0 aliphatic rings. The molecule has 0 amide bonds.